The zero-order valence-corrected chi connectivity index (χ0v) is 11.1. The van der Waals surface area contributed by atoms with Gasteiger partial charge in [-0.3, -0.25) is 4.31 Å². The molecule has 0 radical (unpaired) electrons. The lowest BCUT2D eigenvalue weighted by atomic mass is 10.2. The van der Waals surface area contributed by atoms with Gasteiger partial charge in [-0.25, -0.2) is 9.97 Å². The molecule has 0 amide bonds. The van der Waals surface area contributed by atoms with Crippen molar-refractivity contribution in [2.75, 3.05) is 4.31 Å². The fourth-order valence-electron chi connectivity index (χ4n) is 1.34. The fraction of sp³-hybridized carbons (Fsp3) is 0.0909. The Kier molecular flexibility index (Phi) is 3.46. The third-order valence-corrected chi connectivity index (χ3v) is 2.98. The molecule has 2 aromatic rings. The van der Waals surface area contributed by atoms with E-state index in [2.05, 4.69) is 38.7 Å². The number of para-hydroxylation sites is 1. The Balaban J connectivity index is 2.39. The molecule has 0 saturated heterocycles. The molecule has 0 N–H and O–H groups in total. The SMILES string of the molecule is Cc1ccccc1N(S)c1nccc(Br)n1. The third-order valence-electron chi connectivity index (χ3n) is 2.14. The Bertz CT molecular complexity index is 504. The quantitative estimate of drug-likeness (QED) is 0.679. The summed E-state index contributed by atoms with van der Waals surface area (Å²) in [6.07, 6.45) is 1.69. The van der Waals surface area contributed by atoms with Crippen molar-refractivity contribution in [1.82, 2.24) is 9.97 Å². The lowest BCUT2D eigenvalue weighted by Gasteiger charge is -2.17. The Morgan fingerprint density at radius 2 is 2.00 bits per heavy atom. The minimum absolute atomic E-state index is 0.548. The molecular formula is C11H10BrN3S. The molecule has 0 saturated carbocycles. The maximum absolute atomic E-state index is 4.41. The molecule has 0 bridgehead atoms. The molecule has 0 aliphatic rings. The number of hydrogen-bond acceptors (Lipinski definition) is 4. The normalized spacial score (nSPS) is 10.2. The van der Waals surface area contributed by atoms with Gasteiger partial charge in [-0.1, -0.05) is 31.0 Å². The van der Waals surface area contributed by atoms with Crippen molar-refractivity contribution in [1.29, 1.82) is 0 Å². The molecule has 0 fully saturated rings. The zero-order valence-electron chi connectivity index (χ0n) is 8.63. The number of aromatic nitrogens is 2. The lowest BCUT2D eigenvalue weighted by Crippen LogP contribution is -2.07. The van der Waals surface area contributed by atoms with E-state index >= 15 is 0 Å². The smallest absolute Gasteiger partial charge is 0.241 e. The summed E-state index contributed by atoms with van der Waals surface area (Å²) in [5.74, 6) is 0.548. The fourth-order valence-corrected chi connectivity index (χ4v) is 1.94. The van der Waals surface area contributed by atoms with Gasteiger partial charge in [-0.15, -0.1) is 0 Å². The summed E-state index contributed by atoms with van der Waals surface area (Å²) in [6, 6.07) is 9.73. The molecule has 1 aromatic heterocycles. The Morgan fingerprint density at radius 1 is 1.25 bits per heavy atom. The van der Waals surface area contributed by atoms with Gasteiger partial charge in [0.05, 0.1) is 5.69 Å². The van der Waals surface area contributed by atoms with Gasteiger partial charge in [0.15, 0.2) is 0 Å². The van der Waals surface area contributed by atoms with Crippen LogP contribution >= 0.6 is 28.7 Å². The van der Waals surface area contributed by atoms with Gasteiger partial charge in [-0.05, 0) is 40.5 Å². The molecule has 1 aromatic carbocycles. The largest absolute Gasteiger partial charge is 0.255 e. The maximum Gasteiger partial charge on any atom is 0.241 e. The highest BCUT2D eigenvalue weighted by Gasteiger charge is 2.09. The van der Waals surface area contributed by atoms with Crippen LogP contribution < -0.4 is 4.31 Å². The molecule has 5 heteroatoms. The van der Waals surface area contributed by atoms with Crippen molar-refractivity contribution < 1.29 is 0 Å². The van der Waals surface area contributed by atoms with E-state index in [1.165, 1.54) is 0 Å². The summed E-state index contributed by atoms with van der Waals surface area (Å²) in [4.78, 5) is 8.41. The molecule has 0 aliphatic heterocycles. The van der Waals surface area contributed by atoms with Crippen LogP contribution in [0, 0.1) is 6.92 Å². The van der Waals surface area contributed by atoms with Crippen LogP contribution in [0.25, 0.3) is 0 Å². The summed E-state index contributed by atoms with van der Waals surface area (Å²) in [7, 11) is 0. The summed E-state index contributed by atoms with van der Waals surface area (Å²) in [5.41, 5.74) is 2.10. The second kappa shape index (κ2) is 4.84. The van der Waals surface area contributed by atoms with E-state index in [4.69, 9.17) is 0 Å². The standard InChI is InChI=1S/C11H10BrN3S/c1-8-4-2-3-5-9(8)15(16)11-13-7-6-10(12)14-11/h2-7,16H,1H3. The average Bonchev–Trinajstić information content (AvgIpc) is 2.29. The van der Waals surface area contributed by atoms with Crippen molar-refractivity contribution >= 4 is 40.4 Å². The van der Waals surface area contributed by atoms with Gasteiger partial charge in [0, 0.05) is 6.20 Å². The number of nitrogens with zero attached hydrogens (tertiary/aromatic N) is 3. The van der Waals surface area contributed by atoms with Crippen LogP contribution in [0.1, 0.15) is 5.56 Å². The van der Waals surface area contributed by atoms with Gasteiger partial charge in [0.25, 0.3) is 0 Å². The number of anilines is 2. The summed E-state index contributed by atoms with van der Waals surface area (Å²) in [6.45, 7) is 2.02. The Labute approximate surface area is 108 Å². The first-order chi connectivity index (χ1) is 7.68. The second-order valence-corrected chi connectivity index (χ2v) is 4.49. The van der Waals surface area contributed by atoms with Gasteiger partial charge in [0.2, 0.25) is 5.95 Å². The molecule has 0 unspecified atom stereocenters. The molecule has 0 atom stereocenters. The number of thiol groups is 1. The molecule has 82 valence electrons. The van der Waals surface area contributed by atoms with Gasteiger partial charge in [-0.2, -0.15) is 0 Å². The highest BCUT2D eigenvalue weighted by atomic mass is 79.9. The van der Waals surface area contributed by atoms with Crippen molar-refractivity contribution in [2.24, 2.45) is 0 Å². The summed E-state index contributed by atoms with van der Waals surface area (Å²) < 4.78 is 2.41. The number of aryl methyl sites for hydroxylation is 1. The summed E-state index contributed by atoms with van der Waals surface area (Å²) in [5, 5.41) is 0. The molecule has 0 spiro atoms. The van der Waals surface area contributed by atoms with Gasteiger partial charge in [0.1, 0.15) is 4.60 Å². The number of rotatable bonds is 2. The average molecular weight is 296 g/mol. The van der Waals surface area contributed by atoms with Crippen LogP contribution in [0.5, 0.6) is 0 Å². The Hall–Kier alpha value is -1.07. The van der Waals surface area contributed by atoms with Crippen LogP contribution in [-0.2, 0) is 0 Å². The predicted molar refractivity (Wildman–Crippen MR) is 72.0 cm³/mol. The molecule has 0 aliphatic carbocycles. The van der Waals surface area contributed by atoms with Gasteiger partial charge < -0.3 is 0 Å². The highest BCUT2D eigenvalue weighted by molar-refractivity contribution is 9.10. The molecule has 16 heavy (non-hydrogen) atoms. The molecule has 2 rings (SSSR count). The Morgan fingerprint density at radius 3 is 2.69 bits per heavy atom. The number of halogens is 1. The van der Waals surface area contributed by atoms with E-state index in [-0.39, 0.29) is 0 Å². The molecule has 1 heterocycles. The lowest BCUT2D eigenvalue weighted by molar-refractivity contribution is 1.10. The third kappa shape index (κ3) is 2.36. The van der Waals surface area contributed by atoms with E-state index in [0.717, 1.165) is 15.9 Å². The van der Waals surface area contributed by atoms with Crippen LogP contribution in [0.2, 0.25) is 0 Å². The molecule has 3 nitrogen and oxygen atoms in total. The first kappa shape index (κ1) is 11.4. The van der Waals surface area contributed by atoms with Crippen molar-refractivity contribution in [2.45, 2.75) is 6.92 Å². The number of hydrogen-bond donors (Lipinski definition) is 1. The minimum Gasteiger partial charge on any atom is -0.255 e. The van der Waals surface area contributed by atoms with Crippen molar-refractivity contribution in [3.8, 4) is 0 Å². The highest BCUT2D eigenvalue weighted by Crippen LogP contribution is 2.27. The van der Waals surface area contributed by atoms with E-state index in [9.17, 15) is 0 Å². The van der Waals surface area contributed by atoms with Crippen molar-refractivity contribution in [3.05, 3.63) is 46.7 Å². The topological polar surface area (TPSA) is 29.0 Å². The monoisotopic (exact) mass is 295 g/mol. The first-order valence-electron chi connectivity index (χ1n) is 4.71. The van der Waals surface area contributed by atoms with Crippen LogP contribution in [0.4, 0.5) is 11.6 Å². The van der Waals surface area contributed by atoms with E-state index < -0.39 is 0 Å². The van der Waals surface area contributed by atoms with Crippen molar-refractivity contribution in [3.63, 3.8) is 0 Å². The van der Waals surface area contributed by atoms with E-state index in [1.54, 1.807) is 16.6 Å². The minimum atomic E-state index is 0.548. The molecular weight excluding hydrogens is 286 g/mol. The predicted octanol–water partition coefficient (Wildman–Crippen LogP) is 3.53. The van der Waals surface area contributed by atoms with E-state index in [1.807, 2.05) is 31.2 Å². The summed E-state index contributed by atoms with van der Waals surface area (Å²) >= 11 is 7.72. The van der Waals surface area contributed by atoms with Crippen LogP contribution in [0.15, 0.2) is 41.1 Å². The number of benzene rings is 1. The maximum atomic E-state index is 4.41. The van der Waals surface area contributed by atoms with E-state index in [0.29, 0.717) is 5.95 Å². The van der Waals surface area contributed by atoms with Crippen LogP contribution in [-0.4, -0.2) is 9.97 Å². The zero-order chi connectivity index (χ0) is 11.5. The second-order valence-electron chi connectivity index (χ2n) is 3.28. The first-order valence-corrected chi connectivity index (χ1v) is 5.91. The van der Waals surface area contributed by atoms with Crippen LogP contribution in [0.3, 0.4) is 0 Å². The van der Waals surface area contributed by atoms with Gasteiger partial charge >= 0.3 is 0 Å².